The lowest BCUT2D eigenvalue weighted by Gasteiger charge is -2.33. The number of amides is 1. The first-order valence-electron chi connectivity index (χ1n) is 5.29. The maximum absolute atomic E-state index is 12.2. The molecular formula is C11H12Cl2N2O2. The molecule has 17 heavy (non-hydrogen) atoms. The van der Waals surface area contributed by atoms with Gasteiger partial charge in [0.25, 0.3) is 5.91 Å². The van der Waals surface area contributed by atoms with Gasteiger partial charge >= 0.3 is 0 Å². The van der Waals surface area contributed by atoms with Gasteiger partial charge in [0, 0.05) is 12.7 Å². The van der Waals surface area contributed by atoms with Crippen molar-refractivity contribution in [1.82, 2.24) is 9.88 Å². The third kappa shape index (κ3) is 2.70. The zero-order valence-corrected chi connectivity index (χ0v) is 10.8. The van der Waals surface area contributed by atoms with E-state index in [0.717, 1.165) is 0 Å². The first-order valence-corrected chi connectivity index (χ1v) is 6.05. The maximum atomic E-state index is 12.2. The molecule has 6 heteroatoms. The van der Waals surface area contributed by atoms with E-state index >= 15 is 0 Å². The first kappa shape index (κ1) is 12.6. The van der Waals surface area contributed by atoms with Crippen LogP contribution in [0.2, 0.25) is 10.2 Å². The fourth-order valence-electron chi connectivity index (χ4n) is 1.73. The summed E-state index contributed by atoms with van der Waals surface area (Å²) in [4.78, 5) is 17.8. The molecule has 0 spiro atoms. The number of morpholine rings is 1. The van der Waals surface area contributed by atoms with Gasteiger partial charge in [-0.05, 0) is 13.0 Å². The molecule has 0 saturated carbocycles. The van der Waals surface area contributed by atoms with E-state index in [1.54, 1.807) is 11.0 Å². The van der Waals surface area contributed by atoms with Gasteiger partial charge < -0.3 is 9.64 Å². The predicted molar refractivity (Wildman–Crippen MR) is 65.6 cm³/mol. The van der Waals surface area contributed by atoms with Crippen molar-refractivity contribution >= 4 is 29.1 Å². The minimum absolute atomic E-state index is 0.0608. The standard InChI is InChI=1S/C11H12Cl2N2O2/c1-7-6-17-3-2-15(7)11(16)8-4-9(12)10(13)14-5-8/h4-5,7H,2-3,6H2,1H3. The van der Waals surface area contributed by atoms with Gasteiger partial charge in [-0.15, -0.1) is 0 Å². The predicted octanol–water partition coefficient (Wildman–Crippen LogP) is 2.25. The van der Waals surface area contributed by atoms with Crippen molar-refractivity contribution in [2.45, 2.75) is 13.0 Å². The van der Waals surface area contributed by atoms with E-state index in [2.05, 4.69) is 4.98 Å². The Morgan fingerprint density at radius 3 is 3.00 bits per heavy atom. The second-order valence-electron chi connectivity index (χ2n) is 3.92. The molecule has 2 rings (SSSR count). The third-order valence-electron chi connectivity index (χ3n) is 2.67. The zero-order chi connectivity index (χ0) is 12.4. The van der Waals surface area contributed by atoms with Crippen LogP contribution >= 0.6 is 23.2 Å². The second-order valence-corrected chi connectivity index (χ2v) is 4.68. The molecule has 2 heterocycles. The number of carbonyl (C=O) groups excluding carboxylic acids is 1. The minimum Gasteiger partial charge on any atom is -0.377 e. The van der Waals surface area contributed by atoms with Crippen LogP contribution in [-0.4, -0.2) is 41.6 Å². The van der Waals surface area contributed by atoms with Gasteiger partial charge in [0.15, 0.2) is 0 Å². The molecule has 92 valence electrons. The van der Waals surface area contributed by atoms with Gasteiger partial charge in [-0.3, -0.25) is 4.79 Å². The summed E-state index contributed by atoms with van der Waals surface area (Å²) >= 11 is 11.6. The topological polar surface area (TPSA) is 42.4 Å². The highest BCUT2D eigenvalue weighted by Gasteiger charge is 2.25. The molecule has 0 bridgehead atoms. The normalized spacial score (nSPS) is 20.4. The Balaban J connectivity index is 2.21. The number of carbonyl (C=O) groups is 1. The number of rotatable bonds is 1. The number of hydrogen-bond acceptors (Lipinski definition) is 3. The molecule has 1 aliphatic rings. The van der Waals surface area contributed by atoms with Crippen molar-refractivity contribution in [3.63, 3.8) is 0 Å². The summed E-state index contributed by atoms with van der Waals surface area (Å²) in [6.45, 7) is 3.65. The van der Waals surface area contributed by atoms with E-state index in [-0.39, 0.29) is 17.1 Å². The van der Waals surface area contributed by atoms with Crippen LogP contribution in [0.1, 0.15) is 17.3 Å². The summed E-state index contributed by atoms with van der Waals surface area (Å²) in [6.07, 6.45) is 1.44. The summed E-state index contributed by atoms with van der Waals surface area (Å²) in [5.41, 5.74) is 0.452. The Morgan fingerprint density at radius 1 is 1.59 bits per heavy atom. The minimum atomic E-state index is -0.0909. The molecule has 1 saturated heterocycles. The highest BCUT2D eigenvalue weighted by molar-refractivity contribution is 6.41. The van der Waals surface area contributed by atoms with E-state index in [0.29, 0.717) is 30.3 Å². The van der Waals surface area contributed by atoms with Crippen LogP contribution in [0.5, 0.6) is 0 Å². The van der Waals surface area contributed by atoms with E-state index in [4.69, 9.17) is 27.9 Å². The summed E-state index contributed by atoms with van der Waals surface area (Å²) in [5.74, 6) is -0.0909. The average Bonchev–Trinajstić information content (AvgIpc) is 2.32. The Morgan fingerprint density at radius 2 is 2.35 bits per heavy atom. The number of pyridine rings is 1. The molecule has 1 fully saturated rings. The van der Waals surface area contributed by atoms with Gasteiger partial charge in [0.2, 0.25) is 0 Å². The van der Waals surface area contributed by atoms with Gasteiger partial charge in [-0.1, -0.05) is 23.2 Å². The van der Waals surface area contributed by atoms with E-state index in [1.807, 2.05) is 6.92 Å². The number of ether oxygens (including phenoxy) is 1. The highest BCUT2D eigenvalue weighted by Crippen LogP contribution is 2.21. The smallest absolute Gasteiger partial charge is 0.255 e. The number of aromatic nitrogens is 1. The van der Waals surface area contributed by atoms with Gasteiger partial charge in [0.1, 0.15) is 5.15 Å². The molecule has 0 radical (unpaired) electrons. The Bertz CT molecular complexity index is 439. The first-order chi connectivity index (χ1) is 8.09. The molecule has 1 amide bonds. The maximum Gasteiger partial charge on any atom is 0.255 e. The van der Waals surface area contributed by atoms with E-state index in [1.165, 1.54) is 6.20 Å². The molecule has 0 aromatic carbocycles. The lowest BCUT2D eigenvalue weighted by molar-refractivity contribution is 0.00357. The van der Waals surface area contributed by atoms with Crippen LogP contribution in [0.4, 0.5) is 0 Å². The van der Waals surface area contributed by atoms with Crippen LogP contribution in [0, 0.1) is 0 Å². The van der Waals surface area contributed by atoms with Crippen molar-refractivity contribution in [3.8, 4) is 0 Å². The molecule has 0 N–H and O–H groups in total. The monoisotopic (exact) mass is 274 g/mol. The van der Waals surface area contributed by atoms with Gasteiger partial charge in [-0.2, -0.15) is 0 Å². The lowest BCUT2D eigenvalue weighted by Crippen LogP contribution is -2.47. The Hall–Kier alpha value is -0.840. The number of hydrogen-bond donors (Lipinski definition) is 0. The molecule has 0 aliphatic carbocycles. The number of nitrogens with zero attached hydrogens (tertiary/aromatic N) is 2. The van der Waals surface area contributed by atoms with Crippen molar-refractivity contribution in [2.24, 2.45) is 0 Å². The SMILES string of the molecule is CC1COCCN1C(=O)c1cnc(Cl)c(Cl)c1. The molecule has 1 aromatic rings. The van der Waals surface area contributed by atoms with Crippen LogP contribution < -0.4 is 0 Å². The fourth-order valence-corrected chi connectivity index (χ4v) is 2.00. The second kappa shape index (κ2) is 5.21. The highest BCUT2D eigenvalue weighted by atomic mass is 35.5. The molecule has 1 atom stereocenters. The van der Waals surface area contributed by atoms with Crippen molar-refractivity contribution in [1.29, 1.82) is 0 Å². The summed E-state index contributed by atoms with van der Waals surface area (Å²) in [6, 6.07) is 1.60. The van der Waals surface area contributed by atoms with Crippen LogP contribution in [0.3, 0.4) is 0 Å². The molecular weight excluding hydrogens is 263 g/mol. The zero-order valence-electron chi connectivity index (χ0n) is 9.32. The van der Waals surface area contributed by atoms with E-state index in [9.17, 15) is 4.79 Å². The molecule has 4 nitrogen and oxygen atoms in total. The number of halogens is 2. The summed E-state index contributed by atoms with van der Waals surface area (Å²) in [5, 5.41) is 0.497. The fraction of sp³-hybridized carbons (Fsp3) is 0.455. The van der Waals surface area contributed by atoms with Crippen molar-refractivity contribution in [3.05, 3.63) is 28.0 Å². The van der Waals surface area contributed by atoms with Crippen molar-refractivity contribution in [2.75, 3.05) is 19.8 Å². The van der Waals surface area contributed by atoms with Gasteiger partial charge in [-0.25, -0.2) is 4.98 Å². The average molecular weight is 275 g/mol. The third-order valence-corrected chi connectivity index (χ3v) is 3.36. The van der Waals surface area contributed by atoms with Crippen LogP contribution in [-0.2, 0) is 4.74 Å². The summed E-state index contributed by atoms with van der Waals surface area (Å²) < 4.78 is 5.28. The lowest BCUT2D eigenvalue weighted by atomic mass is 10.2. The molecule has 1 aliphatic heterocycles. The molecule has 1 unspecified atom stereocenters. The van der Waals surface area contributed by atoms with Gasteiger partial charge in [0.05, 0.1) is 29.8 Å². The van der Waals surface area contributed by atoms with Crippen LogP contribution in [0.25, 0.3) is 0 Å². The Labute approximate surface area is 109 Å². The van der Waals surface area contributed by atoms with Crippen LogP contribution in [0.15, 0.2) is 12.3 Å². The Kier molecular flexibility index (Phi) is 3.86. The molecule has 1 aromatic heterocycles. The van der Waals surface area contributed by atoms with E-state index < -0.39 is 0 Å². The van der Waals surface area contributed by atoms with Crippen molar-refractivity contribution < 1.29 is 9.53 Å². The largest absolute Gasteiger partial charge is 0.377 e. The summed E-state index contributed by atoms with van der Waals surface area (Å²) in [7, 11) is 0. The quantitative estimate of drug-likeness (QED) is 0.738.